The molecule has 1 aromatic rings. The molecule has 0 radical (unpaired) electrons. The monoisotopic (exact) mass is 229 g/mol. The molecule has 0 bridgehead atoms. The minimum Gasteiger partial charge on any atom is -0.361 e. The van der Waals surface area contributed by atoms with Gasteiger partial charge in [0.15, 0.2) is 0 Å². The highest BCUT2D eigenvalue weighted by Crippen LogP contribution is 2.25. The Morgan fingerprint density at radius 3 is 2.79 bits per heavy atom. The van der Waals surface area contributed by atoms with Gasteiger partial charge in [-0.15, -0.1) is 0 Å². The average molecular weight is 229 g/mol. The van der Waals surface area contributed by atoms with Gasteiger partial charge in [-0.25, -0.2) is 4.98 Å². The highest BCUT2D eigenvalue weighted by atomic mass is 33.1. The van der Waals surface area contributed by atoms with E-state index in [-0.39, 0.29) is 0 Å². The van der Waals surface area contributed by atoms with E-state index in [9.17, 15) is 9.59 Å². The summed E-state index contributed by atoms with van der Waals surface area (Å²) >= 11 is 0. The fraction of sp³-hybridized carbons (Fsp3) is 0. The van der Waals surface area contributed by atoms with Gasteiger partial charge in [-0.2, -0.15) is 0 Å². The molecule has 2 amide bonds. The van der Waals surface area contributed by atoms with Crippen LogP contribution in [0, 0.1) is 0 Å². The van der Waals surface area contributed by atoms with Gasteiger partial charge in [0.1, 0.15) is 5.03 Å². The molecule has 7 heteroatoms. The summed E-state index contributed by atoms with van der Waals surface area (Å²) < 4.78 is 2.26. The Hall–Kier alpha value is -1.21. The first-order chi connectivity index (χ1) is 6.70. The number of hydrogen-bond acceptors (Lipinski definition) is 5. The number of aromatic nitrogens is 1. The normalized spacial score (nSPS) is 9.43. The molecule has 1 aromatic heterocycles. The smallest absolute Gasteiger partial charge is 0.319 e. The van der Waals surface area contributed by atoms with Crippen LogP contribution in [0.2, 0.25) is 0 Å². The number of carbonyl (C=O) groups excluding carboxylic acids is 2. The third-order valence-corrected chi connectivity index (χ3v) is 2.90. The van der Waals surface area contributed by atoms with Crippen molar-refractivity contribution in [3.05, 3.63) is 24.4 Å². The molecule has 0 spiro atoms. The van der Waals surface area contributed by atoms with E-state index in [1.807, 2.05) is 6.07 Å². The first-order valence-electron chi connectivity index (χ1n) is 3.54. The van der Waals surface area contributed by atoms with E-state index >= 15 is 0 Å². The van der Waals surface area contributed by atoms with Crippen LogP contribution in [0.15, 0.2) is 29.4 Å². The molecule has 0 aliphatic carbocycles. The van der Waals surface area contributed by atoms with Gasteiger partial charge in [0.05, 0.1) is 0 Å². The average Bonchev–Trinajstić information content (AvgIpc) is 2.19. The third kappa shape index (κ3) is 3.67. The molecule has 0 aromatic carbocycles. The molecule has 3 N–H and O–H groups in total. The predicted octanol–water partition coefficient (Wildman–Crippen LogP) is 0.338. The van der Waals surface area contributed by atoms with Gasteiger partial charge in [-0.3, -0.25) is 14.3 Å². The number of rotatable bonds is 3. The molecule has 0 saturated carbocycles. The van der Waals surface area contributed by atoms with E-state index in [1.165, 1.54) is 10.8 Å². The van der Waals surface area contributed by atoms with Crippen molar-refractivity contribution in [2.24, 2.45) is 5.73 Å². The van der Waals surface area contributed by atoms with Crippen LogP contribution in [0.25, 0.3) is 0 Å². The van der Waals surface area contributed by atoms with Crippen molar-refractivity contribution in [2.45, 2.75) is 5.03 Å². The largest absolute Gasteiger partial charge is 0.361 e. The van der Waals surface area contributed by atoms with Crippen molar-refractivity contribution in [1.29, 1.82) is 0 Å². The van der Waals surface area contributed by atoms with Gasteiger partial charge in [0.25, 0.3) is 0 Å². The van der Waals surface area contributed by atoms with Crippen LogP contribution in [0.3, 0.4) is 0 Å². The van der Waals surface area contributed by atoms with Crippen LogP contribution in [-0.4, -0.2) is 16.8 Å². The fourth-order valence-corrected chi connectivity index (χ4v) is 1.99. The minimum atomic E-state index is -1.00. The van der Waals surface area contributed by atoms with Crippen molar-refractivity contribution in [3.63, 3.8) is 0 Å². The van der Waals surface area contributed by atoms with Crippen molar-refractivity contribution >= 4 is 33.6 Å². The molecular weight excluding hydrogens is 222 g/mol. The van der Waals surface area contributed by atoms with E-state index in [4.69, 9.17) is 5.73 Å². The molecule has 0 atom stereocenters. The lowest BCUT2D eigenvalue weighted by Crippen LogP contribution is -2.31. The second-order valence-corrected chi connectivity index (χ2v) is 4.09. The Kier molecular flexibility index (Phi) is 4.27. The molecule has 0 saturated heterocycles. The van der Waals surface area contributed by atoms with Gasteiger partial charge >= 0.3 is 11.8 Å². The highest BCUT2D eigenvalue weighted by Gasteiger charge is 2.07. The van der Waals surface area contributed by atoms with E-state index in [1.54, 1.807) is 18.3 Å². The van der Waals surface area contributed by atoms with Gasteiger partial charge in [-0.05, 0) is 22.9 Å². The molecule has 74 valence electrons. The second-order valence-electron chi connectivity index (χ2n) is 2.13. The van der Waals surface area contributed by atoms with E-state index in [0.29, 0.717) is 0 Å². The van der Waals surface area contributed by atoms with E-state index < -0.39 is 11.8 Å². The Labute approximate surface area is 88.4 Å². The number of nitrogens with zero attached hydrogens (tertiary/aromatic N) is 1. The summed E-state index contributed by atoms with van der Waals surface area (Å²) in [5.74, 6) is -1.82. The number of pyridine rings is 1. The second kappa shape index (κ2) is 5.51. The maximum Gasteiger partial charge on any atom is 0.319 e. The summed E-state index contributed by atoms with van der Waals surface area (Å²) in [7, 11) is 2.23. The summed E-state index contributed by atoms with van der Waals surface area (Å²) in [6.45, 7) is 0. The van der Waals surface area contributed by atoms with E-state index in [0.717, 1.165) is 16.0 Å². The van der Waals surface area contributed by atoms with Gasteiger partial charge in [0.2, 0.25) is 0 Å². The lowest BCUT2D eigenvalue weighted by atomic mass is 10.5. The number of primary amides is 1. The van der Waals surface area contributed by atoms with Crippen LogP contribution < -0.4 is 10.5 Å². The predicted molar refractivity (Wildman–Crippen MR) is 55.0 cm³/mol. The summed E-state index contributed by atoms with van der Waals surface area (Å²) in [5, 5.41) is 0.738. The standard InChI is InChI=1S/C7H7N3O2S2/c8-6(11)7(12)10-14-13-5-3-1-2-4-9-5/h1-4H,(H2,8,11)(H,10,12). The van der Waals surface area contributed by atoms with Crippen LogP contribution in [0.5, 0.6) is 0 Å². The molecule has 0 aliphatic heterocycles. The summed E-state index contributed by atoms with van der Waals surface area (Å²) in [6, 6.07) is 5.40. The first kappa shape index (κ1) is 10.9. The lowest BCUT2D eigenvalue weighted by Gasteiger charge is -1.99. The maximum absolute atomic E-state index is 10.7. The van der Waals surface area contributed by atoms with E-state index in [2.05, 4.69) is 9.71 Å². The molecule has 14 heavy (non-hydrogen) atoms. The number of hydrogen-bond donors (Lipinski definition) is 2. The zero-order valence-corrected chi connectivity index (χ0v) is 8.60. The molecule has 0 fully saturated rings. The summed E-state index contributed by atoms with van der Waals surface area (Å²) in [6.07, 6.45) is 1.64. The Balaban J connectivity index is 2.29. The number of nitrogens with two attached hydrogens (primary N) is 1. The van der Waals surface area contributed by atoms with Crippen LogP contribution in [0.4, 0.5) is 0 Å². The van der Waals surface area contributed by atoms with Gasteiger partial charge in [-0.1, -0.05) is 6.07 Å². The topological polar surface area (TPSA) is 85.1 Å². The Bertz CT molecular complexity index is 331. The Morgan fingerprint density at radius 2 is 2.21 bits per heavy atom. The summed E-state index contributed by atoms with van der Waals surface area (Å²) in [4.78, 5) is 25.0. The quantitative estimate of drug-likeness (QED) is 0.443. The molecule has 0 unspecified atom stereocenters. The van der Waals surface area contributed by atoms with Crippen LogP contribution >= 0.6 is 21.8 Å². The molecule has 1 rings (SSSR count). The van der Waals surface area contributed by atoms with Crippen molar-refractivity contribution in [1.82, 2.24) is 9.71 Å². The number of amides is 2. The van der Waals surface area contributed by atoms with Crippen LogP contribution in [0.1, 0.15) is 0 Å². The lowest BCUT2D eigenvalue weighted by molar-refractivity contribution is -0.136. The highest BCUT2D eigenvalue weighted by molar-refractivity contribution is 8.76. The fourth-order valence-electron chi connectivity index (χ4n) is 0.548. The van der Waals surface area contributed by atoms with Gasteiger partial charge < -0.3 is 5.73 Å². The molecule has 1 heterocycles. The van der Waals surface area contributed by atoms with Crippen molar-refractivity contribution in [2.75, 3.05) is 0 Å². The maximum atomic E-state index is 10.7. The van der Waals surface area contributed by atoms with Gasteiger partial charge in [0, 0.05) is 17.2 Å². The van der Waals surface area contributed by atoms with Crippen molar-refractivity contribution < 1.29 is 9.59 Å². The van der Waals surface area contributed by atoms with Crippen LogP contribution in [-0.2, 0) is 9.59 Å². The SMILES string of the molecule is NC(=O)C(=O)NSSc1ccccn1. The zero-order valence-electron chi connectivity index (χ0n) is 6.97. The summed E-state index contributed by atoms with van der Waals surface area (Å²) in [5.41, 5.74) is 4.73. The Morgan fingerprint density at radius 1 is 1.43 bits per heavy atom. The molecule has 5 nitrogen and oxygen atoms in total. The first-order valence-corrected chi connectivity index (χ1v) is 5.69. The molecular formula is C7H7N3O2S2. The number of carbonyl (C=O) groups is 2. The minimum absolute atomic E-state index is 0.738. The zero-order chi connectivity index (χ0) is 10.4. The molecule has 0 aliphatic rings. The number of nitrogens with one attached hydrogen (secondary N) is 1. The third-order valence-electron chi connectivity index (χ3n) is 1.12. The van der Waals surface area contributed by atoms with Crippen molar-refractivity contribution in [3.8, 4) is 0 Å².